The number of ether oxygens (including phenoxy) is 1. The van der Waals surface area contributed by atoms with Crippen LogP contribution in [0.25, 0.3) is 0 Å². The Morgan fingerprint density at radius 2 is 1.95 bits per heavy atom. The predicted molar refractivity (Wildman–Crippen MR) is 81.5 cm³/mol. The molecule has 0 heterocycles. The number of aryl methyl sites for hydroxylation is 1. The molecule has 0 radical (unpaired) electrons. The number of nitrogens with zero attached hydrogens (tertiary/aromatic N) is 1. The molecule has 1 amide bonds. The van der Waals surface area contributed by atoms with E-state index in [1.54, 1.807) is 4.90 Å². The normalized spacial score (nSPS) is 10.4. The smallest absolute Gasteiger partial charge is 0.305 e. The van der Waals surface area contributed by atoms with Crippen molar-refractivity contribution in [2.24, 2.45) is 0 Å². The van der Waals surface area contributed by atoms with Crippen LogP contribution in [-0.2, 0) is 14.3 Å². The molecular formula is C16H23NO4. The van der Waals surface area contributed by atoms with Gasteiger partial charge < -0.3 is 14.7 Å². The van der Waals surface area contributed by atoms with Crippen LogP contribution >= 0.6 is 0 Å². The summed E-state index contributed by atoms with van der Waals surface area (Å²) in [5.74, 6) is -0.971. The van der Waals surface area contributed by atoms with Crippen molar-refractivity contribution in [3.63, 3.8) is 0 Å². The van der Waals surface area contributed by atoms with Crippen LogP contribution in [0.4, 0.5) is 5.69 Å². The summed E-state index contributed by atoms with van der Waals surface area (Å²) in [6.07, 6.45) is 0.932. The maximum absolute atomic E-state index is 12.3. The second-order valence-electron chi connectivity index (χ2n) is 4.78. The monoisotopic (exact) mass is 293 g/mol. The number of amides is 1. The third kappa shape index (κ3) is 5.95. The Hall–Kier alpha value is -1.88. The summed E-state index contributed by atoms with van der Waals surface area (Å²) in [4.78, 5) is 24.7. The van der Waals surface area contributed by atoms with Gasteiger partial charge in [-0.1, -0.05) is 18.2 Å². The highest BCUT2D eigenvalue weighted by molar-refractivity contribution is 5.94. The van der Waals surface area contributed by atoms with Crippen molar-refractivity contribution in [3.05, 3.63) is 29.8 Å². The molecule has 1 rings (SSSR count). The number of carbonyl (C=O) groups excluding carboxylic acids is 1. The molecule has 0 saturated heterocycles. The first-order valence-electron chi connectivity index (χ1n) is 7.21. The number of anilines is 1. The summed E-state index contributed by atoms with van der Waals surface area (Å²) < 4.78 is 5.23. The quantitative estimate of drug-likeness (QED) is 0.711. The van der Waals surface area contributed by atoms with Gasteiger partial charge in [-0.05, 0) is 31.9 Å². The fraction of sp³-hybridized carbons (Fsp3) is 0.500. The van der Waals surface area contributed by atoms with Crippen molar-refractivity contribution >= 4 is 17.6 Å². The van der Waals surface area contributed by atoms with E-state index in [0.717, 1.165) is 11.3 Å². The van der Waals surface area contributed by atoms with Crippen LogP contribution in [0.2, 0.25) is 0 Å². The number of hydrogen-bond acceptors (Lipinski definition) is 3. The van der Waals surface area contributed by atoms with Gasteiger partial charge in [-0.3, -0.25) is 9.59 Å². The Morgan fingerprint density at radius 3 is 2.57 bits per heavy atom. The number of carboxylic acids is 1. The van der Waals surface area contributed by atoms with Crippen LogP contribution in [-0.4, -0.2) is 36.7 Å². The maximum atomic E-state index is 12.3. The minimum absolute atomic E-state index is 0.0640. The molecule has 0 spiro atoms. The van der Waals surface area contributed by atoms with Crippen molar-refractivity contribution < 1.29 is 19.4 Å². The molecule has 0 aliphatic rings. The van der Waals surface area contributed by atoms with E-state index in [0.29, 0.717) is 26.1 Å². The number of para-hydroxylation sites is 1. The standard InChI is InChI=1S/C16H23NO4/c1-3-21-12-6-9-15(18)17(11-10-16(19)20)14-8-5-4-7-13(14)2/h4-5,7-8H,3,6,9-12H2,1-2H3,(H,19,20). The van der Waals surface area contributed by atoms with E-state index in [1.807, 2.05) is 38.1 Å². The van der Waals surface area contributed by atoms with Crippen molar-refractivity contribution in [2.75, 3.05) is 24.7 Å². The van der Waals surface area contributed by atoms with Crippen LogP contribution in [0.3, 0.4) is 0 Å². The van der Waals surface area contributed by atoms with Crippen molar-refractivity contribution in [3.8, 4) is 0 Å². The molecule has 1 aromatic rings. The second-order valence-corrected chi connectivity index (χ2v) is 4.78. The van der Waals surface area contributed by atoms with Gasteiger partial charge in [-0.2, -0.15) is 0 Å². The number of hydrogen-bond donors (Lipinski definition) is 1. The Labute approximate surface area is 125 Å². The maximum Gasteiger partial charge on any atom is 0.305 e. The molecule has 21 heavy (non-hydrogen) atoms. The van der Waals surface area contributed by atoms with Gasteiger partial charge in [-0.25, -0.2) is 0 Å². The van der Waals surface area contributed by atoms with E-state index in [-0.39, 0.29) is 18.9 Å². The summed E-state index contributed by atoms with van der Waals surface area (Å²) in [7, 11) is 0. The topological polar surface area (TPSA) is 66.8 Å². The zero-order chi connectivity index (χ0) is 15.7. The van der Waals surface area contributed by atoms with Gasteiger partial charge in [0.1, 0.15) is 0 Å². The van der Waals surface area contributed by atoms with Crippen LogP contribution in [0.1, 0.15) is 31.7 Å². The molecule has 0 saturated carbocycles. The fourth-order valence-electron chi connectivity index (χ4n) is 2.06. The van der Waals surface area contributed by atoms with E-state index in [9.17, 15) is 9.59 Å². The molecule has 5 heteroatoms. The van der Waals surface area contributed by atoms with E-state index in [4.69, 9.17) is 9.84 Å². The van der Waals surface area contributed by atoms with Crippen LogP contribution < -0.4 is 4.90 Å². The Kier molecular flexibility index (Phi) is 7.46. The summed E-state index contributed by atoms with van der Waals surface area (Å²) >= 11 is 0. The number of rotatable bonds is 9. The molecule has 0 aliphatic carbocycles. The summed E-state index contributed by atoms with van der Waals surface area (Å²) in [5, 5.41) is 8.85. The van der Waals surface area contributed by atoms with E-state index in [1.165, 1.54) is 0 Å². The second kappa shape index (κ2) is 9.13. The third-order valence-electron chi connectivity index (χ3n) is 3.14. The highest BCUT2D eigenvalue weighted by atomic mass is 16.5. The minimum atomic E-state index is -0.907. The lowest BCUT2D eigenvalue weighted by atomic mass is 10.1. The molecule has 0 aliphatic heterocycles. The molecule has 0 aromatic heterocycles. The molecule has 5 nitrogen and oxygen atoms in total. The van der Waals surface area contributed by atoms with E-state index >= 15 is 0 Å². The van der Waals surface area contributed by atoms with Crippen molar-refractivity contribution in [2.45, 2.75) is 33.1 Å². The molecule has 116 valence electrons. The Morgan fingerprint density at radius 1 is 1.24 bits per heavy atom. The van der Waals surface area contributed by atoms with Gasteiger partial charge in [-0.15, -0.1) is 0 Å². The molecule has 1 N–H and O–H groups in total. The van der Waals surface area contributed by atoms with E-state index in [2.05, 4.69) is 0 Å². The highest BCUT2D eigenvalue weighted by Crippen LogP contribution is 2.21. The molecule has 0 unspecified atom stereocenters. The predicted octanol–water partition coefficient (Wildman–Crippen LogP) is 2.62. The first kappa shape index (κ1) is 17.2. The molecule has 0 bridgehead atoms. The first-order chi connectivity index (χ1) is 10.1. The Balaban J connectivity index is 2.74. The highest BCUT2D eigenvalue weighted by Gasteiger charge is 2.17. The lowest BCUT2D eigenvalue weighted by Gasteiger charge is -2.24. The fourth-order valence-corrected chi connectivity index (χ4v) is 2.06. The van der Waals surface area contributed by atoms with Crippen molar-refractivity contribution in [1.82, 2.24) is 0 Å². The SMILES string of the molecule is CCOCCCC(=O)N(CCC(=O)O)c1ccccc1C. The van der Waals surface area contributed by atoms with E-state index < -0.39 is 5.97 Å². The lowest BCUT2D eigenvalue weighted by Crippen LogP contribution is -2.33. The summed E-state index contributed by atoms with van der Waals surface area (Å²) in [6.45, 7) is 5.19. The number of aliphatic carboxylic acids is 1. The molecule has 0 fully saturated rings. The summed E-state index contributed by atoms with van der Waals surface area (Å²) in [6, 6.07) is 7.51. The van der Waals surface area contributed by atoms with Gasteiger partial charge >= 0.3 is 5.97 Å². The van der Waals surface area contributed by atoms with Gasteiger partial charge in [0.05, 0.1) is 6.42 Å². The van der Waals surface area contributed by atoms with Crippen LogP contribution in [0.5, 0.6) is 0 Å². The van der Waals surface area contributed by atoms with Gasteiger partial charge in [0.15, 0.2) is 0 Å². The average molecular weight is 293 g/mol. The van der Waals surface area contributed by atoms with Crippen LogP contribution in [0.15, 0.2) is 24.3 Å². The first-order valence-corrected chi connectivity index (χ1v) is 7.21. The largest absolute Gasteiger partial charge is 0.481 e. The number of carbonyl (C=O) groups is 2. The lowest BCUT2D eigenvalue weighted by molar-refractivity contribution is -0.136. The van der Waals surface area contributed by atoms with Gasteiger partial charge in [0.25, 0.3) is 0 Å². The minimum Gasteiger partial charge on any atom is -0.481 e. The number of benzene rings is 1. The zero-order valence-corrected chi connectivity index (χ0v) is 12.7. The van der Waals surface area contributed by atoms with Crippen molar-refractivity contribution in [1.29, 1.82) is 0 Å². The van der Waals surface area contributed by atoms with Crippen LogP contribution in [0, 0.1) is 6.92 Å². The zero-order valence-electron chi connectivity index (χ0n) is 12.7. The average Bonchev–Trinajstić information content (AvgIpc) is 2.45. The van der Waals surface area contributed by atoms with Gasteiger partial charge in [0.2, 0.25) is 5.91 Å². The summed E-state index contributed by atoms with van der Waals surface area (Å²) in [5.41, 5.74) is 1.74. The molecule has 0 atom stereocenters. The molecule has 1 aromatic carbocycles. The third-order valence-corrected chi connectivity index (χ3v) is 3.14. The molecular weight excluding hydrogens is 270 g/mol. The van der Waals surface area contributed by atoms with Gasteiger partial charge in [0, 0.05) is 31.9 Å². The Bertz CT molecular complexity index is 473. The number of carboxylic acid groups (broad SMARTS) is 1.